The maximum absolute atomic E-state index is 14.1. The highest BCUT2D eigenvalue weighted by Gasteiger charge is 2.45. The van der Waals surface area contributed by atoms with Crippen LogP contribution in [0.2, 0.25) is 0 Å². The average Bonchev–Trinajstić information content (AvgIpc) is 3.56. The van der Waals surface area contributed by atoms with Crippen LogP contribution in [-0.4, -0.2) is 69.7 Å². The van der Waals surface area contributed by atoms with E-state index >= 15 is 0 Å². The van der Waals surface area contributed by atoms with E-state index in [9.17, 15) is 9.18 Å². The van der Waals surface area contributed by atoms with E-state index in [1.165, 1.54) is 37.4 Å². The number of aromatic nitrogens is 3. The van der Waals surface area contributed by atoms with Crippen molar-refractivity contribution in [1.82, 2.24) is 25.0 Å². The Morgan fingerprint density at radius 3 is 2.67 bits per heavy atom. The van der Waals surface area contributed by atoms with Gasteiger partial charge < -0.3 is 19.4 Å². The van der Waals surface area contributed by atoms with Crippen molar-refractivity contribution in [3.05, 3.63) is 48.2 Å². The van der Waals surface area contributed by atoms with Gasteiger partial charge in [0.05, 0.1) is 5.56 Å². The van der Waals surface area contributed by atoms with Gasteiger partial charge in [0.15, 0.2) is 5.82 Å². The number of benzene rings is 1. The molecule has 1 aromatic heterocycles. The SMILES string of the molecule is CCN(C(=O)c1cc(F)ccc1Oc1nncnc1N1CC2(C=CN(CC3(C)CC3)CC2)C1)C(C)C. The van der Waals surface area contributed by atoms with Gasteiger partial charge in [0, 0.05) is 44.2 Å². The molecule has 2 aliphatic heterocycles. The number of halogens is 1. The lowest BCUT2D eigenvalue weighted by Gasteiger charge is -2.51. The Morgan fingerprint density at radius 1 is 1.25 bits per heavy atom. The first-order valence-corrected chi connectivity index (χ1v) is 12.9. The molecule has 1 aliphatic carbocycles. The number of carbonyl (C=O) groups excluding carboxylic acids is 1. The topological polar surface area (TPSA) is 74.7 Å². The van der Waals surface area contributed by atoms with Gasteiger partial charge in [0.1, 0.15) is 17.9 Å². The van der Waals surface area contributed by atoms with Crippen LogP contribution in [0.3, 0.4) is 0 Å². The van der Waals surface area contributed by atoms with Crippen molar-refractivity contribution in [1.29, 1.82) is 0 Å². The molecular weight excluding hydrogens is 459 g/mol. The molecule has 0 N–H and O–H groups in total. The number of hydrogen-bond donors (Lipinski definition) is 0. The second-order valence-electron chi connectivity index (χ2n) is 11.1. The second kappa shape index (κ2) is 9.33. The predicted molar refractivity (Wildman–Crippen MR) is 135 cm³/mol. The predicted octanol–water partition coefficient (Wildman–Crippen LogP) is 4.50. The fourth-order valence-corrected chi connectivity index (χ4v) is 5.21. The molecule has 0 radical (unpaired) electrons. The molecule has 36 heavy (non-hydrogen) atoms. The molecule has 5 rings (SSSR count). The molecule has 1 saturated carbocycles. The average molecular weight is 495 g/mol. The van der Waals surface area contributed by atoms with Gasteiger partial charge in [-0.2, -0.15) is 0 Å². The summed E-state index contributed by atoms with van der Waals surface area (Å²) in [5, 5.41) is 8.08. The van der Waals surface area contributed by atoms with Crippen LogP contribution in [0, 0.1) is 16.6 Å². The molecule has 192 valence electrons. The van der Waals surface area contributed by atoms with Crippen LogP contribution < -0.4 is 9.64 Å². The van der Waals surface area contributed by atoms with E-state index in [4.69, 9.17) is 4.74 Å². The summed E-state index contributed by atoms with van der Waals surface area (Å²) >= 11 is 0. The zero-order valence-corrected chi connectivity index (χ0v) is 21.6. The number of ether oxygens (including phenoxy) is 1. The van der Waals surface area contributed by atoms with E-state index < -0.39 is 5.82 Å². The van der Waals surface area contributed by atoms with Crippen molar-refractivity contribution < 1.29 is 13.9 Å². The van der Waals surface area contributed by atoms with Crippen LogP contribution in [0.4, 0.5) is 10.2 Å². The van der Waals surface area contributed by atoms with Gasteiger partial charge in [0.25, 0.3) is 11.8 Å². The molecule has 1 spiro atoms. The smallest absolute Gasteiger partial charge is 0.282 e. The van der Waals surface area contributed by atoms with Gasteiger partial charge >= 0.3 is 0 Å². The Kier molecular flexibility index (Phi) is 6.34. The Balaban J connectivity index is 1.32. The molecule has 2 aromatic rings. The third kappa shape index (κ3) is 4.88. The maximum Gasteiger partial charge on any atom is 0.282 e. The van der Waals surface area contributed by atoms with Crippen molar-refractivity contribution in [3.63, 3.8) is 0 Å². The van der Waals surface area contributed by atoms with Gasteiger partial charge in [-0.15, -0.1) is 10.2 Å². The first-order valence-electron chi connectivity index (χ1n) is 12.9. The monoisotopic (exact) mass is 494 g/mol. The minimum atomic E-state index is -0.499. The fraction of sp³-hybridized carbons (Fsp3) is 0.556. The molecule has 9 heteroatoms. The first kappa shape index (κ1) is 24.5. The fourth-order valence-electron chi connectivity index (χ4n) is 5.21. The van der Waals surface area contributed by atoms with E-state index in [-0.39, 0.29) is 34.6 Å². The van der Waals surface area contributed by atoms with Gasteiger partial charge in [-0.05, 0) is 69.8 Å². The molecule has 1 aromatic carbocycles. The molecule has 2 fully saturated rings. The van der Waals surface area contributed by atoms with E-state index in [0.29, 0.717) is 17.8 Å². The van der Waals surface area contributed by atoms with Gasteiger partial charge in [-0.3, -0.25) is 4.79 Å². The number of amides is 1. The van der Waals surface area contributed by atoms with Crippen molar-refractivity contribution in [2.45, 2.75) is 53.0 Å². The number of hydrogen-bond acceptors (Lipinski definition) is 7. The summed E-state index contributed by atoms with van der Waals surface area (Å²) in [4.78, 5) is 23.9. The maximum atomic E-state index is 14.1. The lowest BCUT2D eigenvalue weighted by molar-refractivity contribution is 0.0713. The molecule has 1 amide bonds. The zero-order chi connectivity index (χ0) is 25.5. The highest BCUT2D eigenvalue weighted by atomic mass is 19.1. The Labute approximate surface area is 212 Å². The number of nitrogens with zero attached hydrogens (tertiary/aromatic N) is 6. The standard InChI is InChI=1S/C27H35FN6O2/c1-5-34(19(2)3)25(35)21-14-20(28)6-7-22(21)36-24-23(29-18-30-31-24)33-16-27(17-33)10-12-32(13-11-27)15-26(4)8-9-26/h6-7,10,12,14,18-19H,5,8-9,11,13,15-17H2,1-4H3. The van der Waals surface area contributed by atoms with Crippen molar-refractivity contribution in [2.75, 3.05) is 37.6 Å². The zero-order valence-electron chi connectivity index (χ0n) is 21.6. The summed E-state index contributed by atoms with van der Waals surface area (Å²) in [6.07, 6.45) is 9.77. The number of rotatable bonds is 8. The van der Waals surface area contributed by atoms with E-state index in [1.807, 2.05) is 20.8 Å². The lowest BCUT2D eigenvalue weighted by atomic mass is 9.75. The number of anilines is 1. The highest BCUT2D eigenvalue weighted by molar-refractivity contribution is 5.97. The largest absolute Gasteiger partial charge is 0.434 e. The molecule has 0 unspecified atom stereocenters. The lowest BCUT2D eigenvalue weighted by Crippen LogP contribution is -2.58. The molecule has 3 heterocycles. The summed E-state index contributed by atoms with van der Waals surface area (Å²) in [5.41, 5.74) is 0.782. The summed E-state index contributed by atoms with van der Waals surface area (Å²) < 4.78 is 20.2. The quantitative estimate of drug-likeness (QED) is 0.535. The minimum absolute atomic E-state index is 0.0313. The molecular formula is C27H35FN6O2. The molecule has 3 aliphatic rings. The van der Waals surface area contributed by atoms with Crippen molar-refractivity contribution in [3.8, 4) is 11.6 Å². The summed E-state index contributed by atoms with van der Waals surface area (Å²) in [7, 11) is 0. The van der Waals surface area contributed by atoms with Crippen molar-refractivity contribution >= 4 is 11.7 Å². The first-order chi connectivity index (χ1) is 17.2. The van der Waals surface area contributed by atoms with Crippen LogP contribution in [0.15, 0.2) is 36.8 Å². The Hall–Kier alpha value is -3.23. The normalized spacial score (nSPS) is 19.4. The van der Waals surface area contributed by atoms with E-state index in [1.54, 1.807) is 4.90 Å². The third-order valence-electron chi connectivity index (χ3n) is 7.71. The van der Waals surface area contributed by atoms with Crippen LogP contribution in [-0.2, 0) is 0 Å². The molecule has 0 atom stereocenters. The molecule has 0 bridgehead atoms. The minimum Gasteiger partial charge on any atom is -0.434 e. The Bertz CT molecular complexity index is 1160. The van der Waals surface area contributed by atoms with Crippen LogP contribution >= 0.6 is 0 Å². The number of carbonyl (C=O) groups is 1. The molecule has 8 nitrogen and oxygen atoms in total. The van der Waals surface area contributed by atoms with Gasteiger partial charge in [-0.25, -0.2) is 9.37 Å². The highest BCUT2D eigenvalue weighted by Crippen LogP contribution is 2.47. The van der Waals surface area contributed by atoms with Crippen LogP contribution in [0.25, 0.3) is 0 Å². The summed E-state index contributed by atoms with van der Waals surface area (Å²) in [6, 6.07) is 3.92. The molecule has 1 saturated heterocycles. The summed E-state index contributed by atoms with van der Waals surface area (Å²) in [6.45, 7) is 12.5. The third-order valence-corrected chi connectivity index (χ3v) is 7.71. The van der Waals surface area contributed by atoms with Gasteiger partial charge in [-0.1, -0.05) is 13.0 Å². The van der Waals surface area contributed by atoms with E-state index in [2.05, 4.69) is 44.2 Å². The summed E-state index contributed by atoms with van der Waals surface area (Å²) in [5.74, 6) is 0.238. The van der Waals surface area contributed by atoms with Gasteiger partial charge in [0.2, 0.25) is 0 Å². The second-order valence-corrected chi connectivity index (χ2v) is 11.1. The van der Waals surface area contributed by atoms with Crippen LogP contribution in [0.5, 0.6) is 11.6 Å². The van der Waals surface area contributed by atoms with Crippen LogP contribution in [0.1, 0.15) is 57.3 Å². The van der Waals surface area contributed by atoms with Crippen molar-refractivity contribution in [2.24, 2.45) is 10.8 Å². The Morgan fingerprint density at radius 2 is 2.03 bits per heavy atom. The van der Waals surface area contributed by atoms with E-state index in [0.717, 1.165) is 32.6 Å².